The molecule has 0 spiro atoms. The van der Waals surface area contributed by atoms with Crippen LogP contribution in [0.2, 0.25) is 0 Å². The summed E-state index contributed by atoms with van der Waals surface area (Å²) in [5.41, 5.74) is 1.76. The van der Waals surface area contributed by atoms with Crippen LogP contribution < -0.4 is 5.32 Å². The Morgan fingerprint density at radius 3 is 2.95 bits per heavy atom. The van der Waals surface area contributed by atoms with E-state index in [0.29, 0.717) is 12.1 Å². The van der Waals surface area contributed by atoms with Gasteiger partial charge >= 0.3 is 0 Å². The van der Waals surface area contributed by atoms with Crippen LogP contribution >= 0.6 is 15.9 Å². The van der Waals surface area contributed by atoms with Gasteiger partial charge in [-0.15, -0.1) is 0 Å². The molecule has 2 rings (SSSR count). The Kier molecular flexibility index (Phi) is 5.31. The molecule has 5 heteroatoms. The largest absolute Gasteiger partial charge is 0.310 e. The van der Waals surface area contributed by atoms with Crippen molar-refractivity contribution in [1.82, 2.24) is 15.1 Å². The fourth-order valence-corrected chi connectivity index (χ4v) is 2.33. The second-order valence-electron chi connectivity index (χ2n) is 4.88. The molecule has 1 aromatic heterocycles. The van der Waals surface area contributed by atoms with E-state index in [1.807, 2.05) is 18.5 Å². The maximum atomic E-state index is 13.8. The first-order valence-corrected chi connectivity index (χ1v) is 7.59. The van der Waals surface area contributed by atoms with Crippen LogP contribution in [-0.2, 0) is 6.54 Å². The van der Waals surface area contributed by atoms with Gasteiger partial charge in [-0.05, 0) is 32.0 Å². The molecular formula is C15H19BrFN3. The highest BCUT2D eigenvalue weighted by atomic mass is 79.9. The summed E-state index contributed by atoms with van der Waals surface area (Å²) in [7, 11) is 0. The second-order valence-corrected chi connectivity index (χ2v) is 5.80. The molecule has 1 aromatic carbocycles. The quantitative estimate of drug-likeness (QED) is 0.865. The van der Waals surface area contributed by atoms with Crippen LogP contribution in [0, 0.1) is 5.82 Å². The molecule has 0 saturated carbocycles. The third-order valence-corrected chi connectivity index (χ3v) is 3.69. The SMILES string of the molecule is CCCNC(C)c1cnn(Cc2ccc(Br)cc2F)c1. The molecule has 0 radical (unpaired) electrons. The lowest BCUT2D eigenvalue weighted by molar-refractivity contribution is 0.567. The van der Waals surface area contributed by atoms with Crippen LogP contribution in [0.3, 0.4) is 0 Å². The van der Waals surface area contributed by atoms with Crippen molar-refractivity contribution in [3.8, 4) is 0 Å². The van der Waals surface area contributed by atoms with Crippen molar-refractivity contribution in [2.45, 2.75) is 32.9 Å². The van der Waals surface area contributed by atoms with Gasteiger partial charge in [0.05, 0.1) is 12.7 Å². The molecular weight excluding hydrogens is 321 g/mol. The minimum Gasteiger partial charge on any atom is -0.310 e. The van der Waals surface area contributed by atoms with E-state index in [1.54, 1.807) is 10.7 Å². The molecule has 1 unspecified atom stereocenters. The van der Waals surface area contributed by atoms with Crippen molar-refractivity contribution in [1.29, 1.82) is 0 Å². The van der Waals surface area contributed by atoms with Crippen LogP contribution in [0.5, 0.6) is 0 Å². The van der Waals surface area contributed by atoms with Crippen molar-refractivity contribution in [3.05, 3.63) is 52.0 Å². The number of hydrogen-bond donors (Lipinski definition) is 1. The number of rotatable bonds is 6. The van der Waals surface area contributed by atoms with E-state index >= 15 is 0 Å². The fraction of sp³-hybridized carbons (Fsp3) is 0.400. The van der Waals surface area contributed by atoms with Gasteiger partial charge in [0.2, 0.25) is 0 Å². The van der Waals surface area contributed by atoms with Crippen molar-refractivity contribution in [3.63, 3.8) is 0 Å². The normalized spacial score (nSPS) is 12.6. The molecule has 0 amide bonds. The summed E-state index contributed by atoms with van der Waals surface area (Å²) in [4.78, 5) is 0. The Hall–Kier alpha value is -1.20. The predicted octanol–water partition coefficient (Wildman–Crippen LogP) is 3.89. The monoisotopic (exact) mass is 339 g/mol. The number of aromatic nitrogens is 2. The molecule has 0 bridgehead atoms. The molecule has 0 fully saturated rings. The maximum absolute atomic E-state index is 13.8. The first kappa shape index (κ1) is 15.2. The van der Waals surface area contributed by atoms with Crippen molar-refractivity contribution < 1.29 is 4.39 Å². The van der Waals surface area contributed by atoms with Gasteiger partial charge in [-0.25, -0.2) is 4.39 Å². The zero-order valence-corrected chi connectivity index (χ0v) is 13.3. The Morgan fingerprint density at radius 1 is 1.45 bits per heavy atom. The summed E-state index contributed by atoms with van der Waals surface area (Å²) >= 11 is 3.26. The number of nitrogens with zero attached hydrogens (tertiary/aromatic N) is 2. The Morgan fingerprint density at radius 2 is 2.25 bits per heavy atom. The van der Waals surface area contributed by atoms with Gasteiger partial charge in [0.1, 0.15) is 5.82 Å². The average molecular weight is 340 g/mol. The molecule has 0 saturated heterocycles. The third-order valence-electron chi connectivity index (χ3n) is 3.20. The van der Waals surface area contributed by atoms with Gasteiger partial charge < -0.3 is 5.32 Å². The van der Waals surface area contributed by atoms with Gasteiger partial charge in [0, 0.05) is 27.8 Å². The Balaban J connectivity index is 2.05. The van der Waals surface area contributed by atoms with Gasteiger partial charge in [-0.1, -0.05) is 28.9 Å². The van der Waals surface area contributed by atoms with Crippen LogP contribution in [0.15, 0.2) is 35.1 Å². The molecule has 0 aliphatic carbocycles. The van der Waals surface area contributed by atoms with E-state index in [0.717, 1.165) is 23.0 Å². The van der Waals surface area contributed by atoms with Gasteiger partial charge in [0.15, 0.2) is 0 Å². The summed E-state index contributed by atoms with van der Waals surface area (Å²) in [6, 6.07) is 5.36. The first-order valence-electron chi connectivity index (χ1n) is 6.79. The number of halogens is 2. The van der Waals surface area contributed by atoms with Gasteiger partial charge in [-0.2, -0.15) is 5.10 Å². The molecule has 108 valence electrons. The smallest absolute Gasteiger partial charge is 0.129 e. The highest BCUT2D eigenvalue weighted by molar-refractivity contribution is 9.10. The minimum atomic E-state index is -0.214. The lowest BCUT2D eigenvalue weighted by Gasteiger charge is -2.10. The summed E-state index contributed by atoms with van der Waals surface area (Å²) in [6.07, 6.45) is 4.90. The van der Waals surface area contributed by atoms with E-state index in [2.05, 4.69) is 40.2 Å². The molecule has 3 nitrogen and oxygen atoms in total. The maximum Gasteiger partial charge on any atom is 0.129 e. The van der Waals surface area contributed by atoms with E-state index in [4.69, 9.17) is 0 Å². The minimum absolute atomic E-state index is 0.214. The van der Waals surface area contributed by atoms with Crippen LogP contribution in [0.1, 0.15) is 37.4 Å². The second kappa shape index (κ2) is 6.99. The zero-order valence-electron chi connectivity index (χ0n) is 11.7. The zero-order chi connectivity index (χ0) is 14.5. The molecule has 2 aromatic rings. The lowest BCUT2D eigenvalue weighted by atomic mass is 10.2. The predicted molar refractivity (Wildman–Crippen MR) is 82.1 cm³/mol. The molecule has 1 atom stereocenters. The van der Waals surface area contributed by atoms with Crippen LogP contribution in [0.25, 0.3) is 0 Å². The Labute approximate surface area is 127 Å². The summed E-state index contributed by atoms with van der Waals surface area (Å²) in [5, 5.41) is 7.71. The molecule has 0 aliphatic heterocycles. The first-order chi connectivity index (χ1) is 9.60. The molecule has 20 heavy (non-hydrogen) atoms. The highest BCUT2D eigenvalue weighted by Crippen LogP contribution is 2.17. The van der Waals surface area contributed by atoms with E-state index in [-0.39, 0.29) is 11.9 Å². The third kappa shape index (κ3) is 3.90. The van der Waals surface area contributed by atoms with E-state index in [1.165, 1.54) is 6.07 Å². The summed E-state index contributed by atoms with van der Waals surface area (Å²) in [5.74, 6) is -0.214. The van der Waals surface area contributed by atoms with Gasteiger partial charge in [0.25, 0.3) is 0 Å². The fourth-order valence-electron chi connectivity index (χ4n) is 1.99. The average Bonchev–Trinajstić information content (AvgIpc) is 2.88. The molecule has 0 aliphatic rings. The van der Waals surface area contributed by atoms with E-state index < -0.39 is 0 Å². The highest BCUT2D eigenvalue weighted by Gasteiger charge is 2.09. The van der Waals surface area contributed by atoms with Crippen molar-refractivity contribution in [2.75, 3.05) is 6.54 Å². The van der Waals surface area contributed by atoms with Crippen LogP contribution in [-0.4, -0.2) is 16.3 Å². The number of nitrogens with one attached hydrogen (secondary N) is 1. The van der Waals surface area contributed by atoms with Crippen molar-refractivity contribution >= 4 is 15.9 Å². The summed E-state index contributed by atoms with van der Waals surface area (Å²) in [6.45, 7) is 5.67. The lowest BCUT2D eigenvalue weighted by Crippen LogP contribution is -2.18. The standard InChI is InChI=1S/C15H19BrFN3/c1-3-6-18-11(2)13-8-19-20(10-13)9-12-4-5-14(16)7-15(12)17/h4-5,7-8,10-11,18H,3,6,9H2,1-2H3. The van der Waals surface area contributed by atoms with E-state index in [9.17, 15) is 4.39 Å². The topological polar surface area (TPSA) is 29.9 Å². The molecule has 1 N–H and O–H groups in total. The van der Waals surface area contributed by atoms with Crippen LogP contribution in [0.4, 0.5) is 4.39 Å². The summed E-state index contributed by atoms with van der Waals surface area (Å²) < 4.78 is 16.3. The van der Waals surface area contributed by atoms with Gasteiger partial charge in [-0.3, -0.25) is 4.68 Å². The molecule has 1 heterocycles. The van der Waals surface area contributed by atoms with Crippen molar-refractivity contribution in [2.24, 2.45) is 0 Å². The number of hydrogen-bond acceptors (Lipinski definition) is 2. The number of benzene rings is 1. The Bertz CT molecular complexity index is 568.